The number of likely N-dealkylation sites (tertiary alicyclic amines) is 1. The number of hydrogen-bond donors (Lipinski definition) is 2. The molecule has 2 N–H and O–H groups in total. The number of alkyl halides is 2. The zero-order valence-corrected chi connectivity index (χ0v) is 25.9. The fraction of sp³-hybridized carbons (Fsp3) is 0.667. The van der Waals surface area contributed by atoms with Crippen molar-refractivity contribution in [2.75, 3.05) is 45.8 Å². The molecular formula is C33H45F2N5O5. The van der Waals surface area contributed by atoms with Crippen molar-refractivity contribution in [2.45, 2.75) is 76.7 Å². The summed E-state index contributed by atoms with van der Waals surface area (Å²) in [5, 5.41) is 5.61. The Hall–Kier alpha value is -3.57. The lowest BCUT2D eigenvalue weighted by Crippen LogP contribution is -2.50. The molecule has 3 fully saturated rings. The van der Waals surface area contributed by atoms with Gasteiger partial charge in [-0.1, -0.05) is 24.3 Å². The highest BCUT2D eigenvalue weighted by Gasteiger charge is 2.37. The van der Waals surface area contributed by atoms with E-state index in [1.54, 1.807) is 4.90 Å². The maximum absolute atomic E-state index is 13.8. The third-order valence-electron chi connectivity index (χ3n) is 9.96. The van der Waals surface area contributed by atoms with Gasteiger partial charge in [0.05, 0.1) is 6.42 Å². The van der Waals surface area contributed by atoms with Gasteiger partial charge < -0.3 is 25.3 Å². The molecule has 1 aromatic rings. The standard InChI is InChI=1S/C33H45F2N5O5/c34-33(35)10-7-23(8-11-33)18-36-28(41)21-40-22-29(42)37-19-26-6-2-1-5-24(26)15-31(44)39-14-9-25(27(20-39)17-32(40)45)16-30(43)38-12-3-4-13-38/h1-2,5-6,23,25,27H,3-4,7-22H2,(H,36,41)(H,37,42)/t25-,27-/m0/s1. The molecule has 5 amide bonds. The van der Waals surface area contributed by atoms with Crippen molar-refractivity contribution in [1.29, 1.82) is 0 Å². The van der Waals surface area contributed by atoms with Gasteiger partial charge in [0.1, 0.15) is 13.1 Å². The van der Waals surface area contributed by atoms with Crippen LogP contribution in [0.4, 0.5) is 8.78 Å². The zero-order valence-electron chi connectivity index (χ0n) is 25.9. The average Bonchev–Trinajstić information content (AvgIpc) is 3.56. The molecule has 0 spiro atoms. The number of carbonyl (C=O) groups excluding carboxylic acids is 5. The van der Waals surface area contributed by atoms with Crippen molar-refractivity contribution in [3.8, 4) is 0 Å². The van der Waals surface area contributed by atoms with Crippen molar-refractivity contribution < 1.29 is 32.8 Å². The highest BCUT2D eigenvalue weighted by atomic mass is 19.3. The Morgan fingerprint density at radius 2 is 1.67 bits per heavy atom. The van der Waals surface area contributed by atoms with Gasteiger partial charge in [-0.15, -0.1) is 0 Å². The van der Waals surface area contributed by atoms with Crippen LogP contribution in [-0.4, -0.2) is 96.0 Å². The Kier molecular flexibility index (Phi) is 10.7. The van der Waals surface area contributed by atoms with Gasteiger partial charge in [-0.05, 0) is 61.0 Å². The third kappa shape index (κ3) is 9.00. The minimum Gasteiger partial charge on any atom is -0.354 e. The van der Waals surface area contributed by atoms with E-state index in [9.17, 15) is 32.8 Å². The molecule has 0 aromatic heterocycles. The van der Waals surface area contributed by atoms with Crippen molar-refractivity contribution in [3.05, 3.63) is 35.4 Å². The van der Waals surface area contributed by atoms with E-state index in [-0.39, 0.29) is 81.4 Å². The first-order valence-electron chi connectivity index (χ1n) is 16.4. The second-order valence-electron chi connectivity index (χ2n) is 13.2. The summed E-state index contributed by atoms with van der Waals surface area (Å²) < 4.78 is 27.1. The Morgan fingerprint density at radius 1 is 0.956 bits per heavy atom. The van der Waals surface area contributed by atoms with Crippen molar-refractivity contribution in [1.82, 2.24) is 25.3 Å². The van der Waals surface area contributed by atoms with Crippen LogP contribution in [0.3, 0.4) is 0 Å². The molecule has 12 heteroatoms. The molecule has 3 aliphatic heterocycles. The van der Waals surface area contributed by atoms with Gasteiger partial charge in [0.2, 0.25) is 35.5 Å². The van der Waals surface area contributed by atoms with E-state index in [1.165, 1.54) is 4.90 Å². The first-order chi connectivity index (χ1) is 21.6. The third-order valence-corrected chi connectivity index (χ3v) is 9.96. The number of nitrogens with zero attached hydrogens (tertiary/aromatic N) is 3. The molecule has 1 aromatic carbocycles. The molecule has 10 nitrogen and oxygen atoms in total. The first-order valence-corrected chi connectivity index (χ1v) is 16.4. The number of carbonyl (C=O) groups is 5. The predicted molar refractivity (Wildman–Crippen MR) is 162 cm³/mol. The number of rotatable bonds is 6. The van der Waals surface area contributed by atoms with Crippen molar-refractivity contribution in [2.24, 2.45) is 17.8 Å². The molecule has 5 rings (SSSR count). The van der Waals surface area contributed by atoms with E-state index < -0.39 is 23.6 Å². The minimum absolute atomic E-state index is 0.00339. The molecule has 2 bridgehead atoms. The number of nitrogens with one attached hydrogen (secondary N) is 2. The van der Waals surface area contributed by atoms with Crippen LogP contribution in [0.15, 0.2) is 24.3 Å². The predicted octanol–water partition coefficient (Wildman–Crippen LogP) is 2.50. The van der Waals surface area contributed by atoms with Gasteiger partial charge >= 0.3 is 0 Å². The number of piperidine rings is 1. The van der Waals surface area contributed by atoms with Crippen LogP contribution in [0, 0.1) is 17.8 Å². The number of fused-ring (bicyclic) bond motifs is 3. The summed E-state index contributed by atoms with van der Waals surface area (Å²) in [6.45, 7) is 2.03. The second kappa shape index (κ2) is 14.7. The minimum atomic E-state index is -2.66. The SMILES string of the molecule is O=C1CN(CC(=O)NCC2CCC(F)(F)CC2)C(=O)C[C@H]2CN(CC[C@H]2CC(=O)N2CCCC2)C(=O)Cc2ccccc2CN1. The summed E-state index contributed by atoms with van der Waals surface area (Å²) in [5.41, 5.74) is 1.61. The molecule has 2 saturated heterocycles. The Balaban J connectivity index is 1.31. The van der Waals surface area contributed by atoms with Crippen molar-refractivity contribution >= 4 is 29.5 Å². The number of halogens is 2. The lowest BCUT2D eigenvalue weighted by atomic mass is 9.80. The fourth-order valence-electron chi connectivity index (χ4n) is 7.10. The molecule has 1 aliphatic carbocycles. The normalized spacial score (nSPS) is 24.9. The van der Waals surface area contributed by atoms with E-state index in [4.69, 9.17) is 0 Å². The number of hydrogen-bond acceptors (Lipinski definition) is 5. The molecule has 0 unspecified atom stereocenters. The van der Waals surface area contributed by atoms with E-state index in [0.29, 0.717) is 38.8 Å². The fourth-order valence-corrected chi connectivity index (χ4v) is 7.10. The van der Waals surface area contributed by atoms with Crippen LogP contribution in [-0.2, 0) is 36.9 Å². The monoisotopic (exact) mass is 629 g/mol. The quantitative estimate of drug-likeness (QED) is 0.502. The molecule has 3 heterocycles. The van der Waals surface area contributed by atoms with Gasteiger partial charge in [-0.25, -0.2) is 8.78 Å². The van der Waals surface area contributed by atoms with E-state index >= 15 is 0 Å². The van der Waals surface area contributed by atoms with Gasteiger partial charge in [0.25, 0.3) is 0 Å². The summed E-state index contributed by atoms with van der Waals surface area (Å²) in [6.07, 6.45) is 3.24. The van der Waals surface area contributed by atoms with Crippen LogP contribution in [0.1, 0.15) is 68.9 Å². The largest absolute Gasteiger partial charge is 0.354 e. The van der Waals surface area contributed by atoms with Crippen LogP contribution >= 0.6 is 0 Å². The lowest BCUT2D eigenvalue weighted by molar-refractivity contribution is -0.142. The van der Waals surface area contributed by atoms with Gasteiger partial charge in [-0.2, -0.15) is 0 Å². The maximum Gasteiger partial charge on any atom is 0.248 e. The van der Waals surface area contributed by atoms with Gasteiger partial charge in [-0.3, -0.25) is 24.0 Å². The zero-order chi connectivity index (χ0) is 32.0. The molecule has 2 atom stereocenters. The molecule has 45 heavy (non-hydrogen) atoms. The summed E-state index contributed by atoms with van der Waals surface area (Å²) in [6, 6.07) is 7.42. The number of benzene rings is 1. The van der Waals surface area contributed by atoms with Crippen LogP contribution < -0.4 is 10.6 Å². The van der Waals surface area contributed by atoms with E-state index in [0.717, 1.165) is 37.1 Å². The van der Waals surface area contributed by atoms with Gasteiger partial charge in [0.15, 0.2) is 0 Å². The summed E-state index contributed by atoms with van der Waals surface area (Å²) in [7, 11) is 0. The highest BCUT2D eigenvalue weighted by Crippen LogP contribution is 2.36. The molecule has 1 saturated carbocycles. The Morgan fingerprint density at radius 3 is 2.40 bits per heavy atom. The smallest absolute Gasteiger partial charge is 0.248 e. The second-order valence-corrected chi connectivity index (χ2v) is 13.2. The Bertz CT molecular complexity index is 1260. The van der Waals surface area contributed by atoms with E-state index in [1.807, 2.05) is 29.2 Å². The van der Waals surface area contributed by atoms with E-state index in [2.05, 4.69) is 10.6 Å². The lowest BCUT2D eigenvalue weighted by Gasteiger charge is -2.39. The van der Waals surface area contributed by atoms with Crippen LogP contribution in [0.2, 0.25) is 0 Å². The molecular weight excluding hydrogens is 584 g/mol. The highest BCUT2D eigenvalue weighted by molar-refractivity contribution is 5.89. The Labute approximate surface area is 263 Å². The van der Waals surface area contributed by atoms with Gasteiger partial charge in [0, 0.05) is 65.0 Å². The summed E-state index contributed by atoms with van der Waals surface area (Å²) in [4.78, 5) is 71.3. The number of amides is 5. The summed E-state index contributed by atoms with van der Waals surface area (Å²) in [5.74, 6) is -4.43. The van der Waals surface area contributed by atoms with Crippen LogP contribution in [0.25, 0.3) is 0 Å². The first kappa shape index (κ1) is 32.8. The van der Waals surface area contributed by atoms with Crippen LogP contribution in [0.5, 0.6) is 0 Å². The molecule has 0 radical (unpaired) electrons. The topological polar surface area (TPSA) is 119 Å². The molecule has 4 aliphatic rings. The summed E-state index contributed by atoms with van der Waals surface area (Å²) >= 11 is 0. The molecule has 246 valence electrons. The average molecular weight is 630 g/mol. The maximum atomic E-state index is 13.8. The van der Waals surface area contributed by atoms with Crippen molar-refractivity contribution in [3.63, 3.8) is 0 Å².